The Bertz CT molecular complexity index is 528. The van der Waals surface area contributed by atoms with Crippen LogP contribution in [0.2, 0.25) is 9.36 Å². The molecule has 1 aromatic carbocycles. The third-order valence-electron chi connectivity index (χ3n) is 2.73. The molecule has 1 N–H and O–H groups in total. The SMILES string of the molecule is CNC(CSc1cccc(Cl)c1)Cc1ccc(Cl)s1. The maximum absolute atomic E-state index is 5.98. The number of hydrogen-bond donors (Lipinski definition) is 1. The van der Waals surface area contributed by atoms with Crippen LogP contribution in [0.3, 0.4) is 0 Å². The van der Waals surface area contributed by atoms with Crippen LogP contribution in [0.25, 0.3) is 0 Å². The largest absolute Gasteiger partial charge is 0.316 e. The third-order valence-corrected chi connectivity index (χ3v) is 5.38. The molecule has 5 heteroatoms. The molecule has 2 rings (SSSR count). The molecule has 0 saturated heterocycles. The second-order valence-corrected chi connectivity index (χ2v) is 7.49. The van der Waals surface area contributed by atoms with Crippen LogP contribution in [0, 0.1) is 0 Å². The predicted molar refractivity (Wildman–Crippen MR) is 88.1 cm³/mol. The Morgan fingerprint density at radius 3 is 2.74 bits per heavy atom. The van der Waals surface area contributed by atoms with Crippen LogP contribution < -0.4 is 5.32 Å². The monoisotopic (exact) mass is 331 g/mol. The Hall–Kier alpha value is -0.190. The fourth-order valence-electron chi connectivity index (χ4n) is 1.70. The summed E-state index contributed by atoms with van der Waals surface area (Å²) >= 11 is 15.4. The number of thioether (sulfide) groups is 1. The Balaban J connectivity index is 1.89. The number of likely N-dealkylation sites (N-methyl/N-ethyl adjacent to an activating group) is 1. The summed E-state index contributed by atoms with van der Waals surface area (Å²) in [5.41, 5.74) is 0. The van der Waals surface area contributed by atoms with Gasteiger partial charge >= 0.3 is 0 Å². The first-order valence-corrected chi connectivity index (χ1v) is 8.53. The van der Waals surface area contributed by atoms with Crippen LogP contribution in [-0.4, -0.2) is 18.8 Å². The summed E-state index contributed by atoms with van der Waals surface area (Å²) in [5, 5.41) is 4.14. The van der Waals surface area contributed by atoms with E-state index in [1.807, 2.05) is 43.1 Å². The second-order valence-electron chi connectivity index (χ2n) is 4.16. The van der Waals surface area contributed by atoms with Crippen LogP contribution in [0.1, 0.15) is 4.88 Å². The highest BCUT2D eigenvalue weighted by Gasteiger charge is 2.10. The fourth-order valence-corrected chi connectivity index (χ4v) is 4.19. The van der Waals surface area contributed by atoms with Crippen molar-refractivity contribution in [2.75, 3.05) is 12.8 Å². The van der Waals surface area contributed by atoms with Crippen molar-refractivity contribution in [3.63, 3.8) is 0 Å². The molecule has 0 bridgehead atoms. The van der Waals surface area contributed by atoms with Gasteiger partial charge in [-0.15, -0.1) is 23.1 Å². The summed E-state index contributed by atoms with van der Waals surface area (Å²) < 4.78 is 0.854. The Labute approximate surface area is 132 Å². The number of hydrogen-bond acceptors (Lipinski definition) is 3. The Morgan fingerprint density at radius 2 is 2.11 bits per heavy atom. The van der Waals surface area contributed by atoms with Gasteiger partial charge in [-0.2, -0.15) is 0 Å². The van der Waals surface area contributed by atoms with Crippen LogP contribution in [-0.2, 0) is 6.42 Å². The second kappa shape index (κ2) is 7.55. The molecule has 102 valence electrons. The quantitative estimate of drug-likeness (QED) is 0.749. The molecular formula is C14H15Cl2NS2. The fraction of sp³-hybridized carbons (Fsp3) is 0.286. The molecule has 1 atom stereocenters. The third kappa shape index (κ3) is 5.01. The van der Waals surface area contributed by atoms with Crippen LogP contribution >= 0.6 is 46.3 Å². The van der Waals surface area contributed by atoms with Crippen molar-refractivity contribution in [2.24, 2.45) is 0 Å². The molecule has 0 saturated carbocycles. The molecule has 0 fully saturated rings. The molecule has 0 aliphatic heterocycles. The lowest BCUT2D eigenvalue weighted by molar-refractivity contribution is 0.622. The normalized spacial score (nSPS) is 12.6. The molecule has 1 nitrogen and oxygen atoms in total. The standard InChI is InChI=1S/C14H15Cl2NS2/c1-17-11(8-13-5-6-14(16)19-13)9-18-12-4-2-3-10(15)7-12/h2-7,11,17H,8-9H2,1H3. The van der Waals surface area contributed by atoms with E-state index in [2.05, 4.69) is 17.4 Å². The van der Waals surface area contributed by atoms with E-state index in [-0.39, 0.29) is 0 Å². The summed E-state index contributed by atoms with van der Waals surface area (Å²) in [6.45, 7) is 0. The van der Waals surface area contributed by atoms with Gasteiger partial charge in [-0.1, -0.05) is 29.3 Å². The number of halogens is 2. The first-order valence-electron chi connectivity index (χ1n) is 5.97. The van der Waals surface area contributed by atoms with Gasteiger partial charge in [0.2, 0.25) is 0 Å². The van der Waals surface area contributed by atoms with Crippen molar-refractivity contribution in [3.05, 3.63) is 50.6 Å². The lowest BCUT2D eigenvalue weighted by Gasteiger charge is -2.14. The summed E-state index contributed by atoms with van der Waals surface area (Å²) in [4.78, 5) is 2.52. The van der Waals surface area contributed by atoms with Crippen LogP contribution in [0.5, 0.6) is 0 Å². The predicted octanol–water partition coefficient (Wildman–Crippen LogP) is 4.98. The molecule has 19 heavy (non-hydrogen) atoms. The molecule has 1 unspecified atom stereocenters. The van der Waals surface area contributed by atoms with E-state index in [0.29, 0.717) is 6.04 Å². The lowest BCUT2D eigenvalue weighted by Crippen LogP contribution is -2.29. The van der Waals surface area contributed by atoms with Gasteiger partial charge in [0.25, 0.3) is 0 Å². The highest BCUT2D eigenvalue weighted by Crippen LogP contribution is 2.25. The van der Waals surface area contributed by atoms with Gasteiger partial charge in [-0.25, -0.2) is 0 Å². The zero-order chi connectivity index (χ0) is 13.7. The lowest BCUT2D eigenvalue weighted by atomic mass is 10.2. The molecule has 2 aromatic rings. The summed E-state index contributed by atoms with van der Waals surface area (Å²) in [7, 11) is 2.00. The van der Waals surface area contributed by atoms with Gasteiger partial charge in [0.15, 0.2) is 0 Å². The number of rotatable bonds is 6. The van der Waals surface area contributed by atoms with E-state index in [0.717, 1.165) is 21.5 Å². The maximum Gasteiger partial charge on any atom is 0.0931 e. The zero-order valence-electron chi connectivity index (χ0n) is 10.5. The van der Waals surface area contributed by atoms with E-state index in [1.165, 1.54) is 9.77 Å². The Kier molecular flexibility index (Phi) is 6.05. The van der Waals surface area contributed by atoms with Gasteiger partial charge < -0.3 is 5.32 Å². The van der Waals surface area contributed by atoms with E-state index in [4.69, 9.17) is 23.2 Å². The van der Waals surface area contributed by atoms with E-state index < -0.39 is 0 Å². The van der Waals surface area contributed by atoms with Gasteiger partial charge in [-0.05, 0) is 43.8 Å². The molecule has 0 radical (unpaired) electrons. The minimum Gasteiger partial charge on any atom is -0.316 e. The minimum absolute atomic E-state index is 0.429. The van der Waals surface area contributed by atoms with Crippen molar-refractivity contribution < 1.29 is 0 Å². The van der Waals surface area contributed by atoms with Crippen LogP contribution in [0.4, 0.5) is 0 Å². The zero-order valence-corrected chi connectivity index (χ0v) is 13.7. The van der Waals surface area contributed by atoms with Gasteiger partial charge in [0.05, 0.1) is 4.34 Å². The average molecular weight is 332 g/mol. The summed E-state index contributed by atoms with van der Waals surface area (Å²) in [6.07, 6.45) is 1.00. The summed E-state index contributed by atoms with van der Waals surface area (Å²) in [6, 6.07) is 12.5. The van der Waals surface area contributed by atoms with E-state index >= 15 is 0 Å². The number of nitrogens with one attached hydrogen (secondary N) is 1. The molecule has 1 aromatic heterocycles. The van der Waals surface area contributed by atoms with Gasteiger partial charge in [-0.3, -0.25) is 0 Å². The maximum atomic E-state index is 5.98. The van der Waals surface area contributed by atoms with Crippen molar-refractivity contribution in [1.29, 1.82) is 0 Å². The van der Waals surface area contributed by atoms with Crippen molar-refractivity contribution >= 4 is 46.3 Å². The highest BCUT2D eigenvalue weighted by atomic mass is 35.5. The minimum atomic E-state index is 0.429. The molecule has 0 amide bonds. The molecular weight excluding hydrogens is 317 g/mol. The molecule has 0 aliphatic carbocycles. The number of benzene rings is 1. The topological polar surface area (TPSA) is 12.0 Å². The van der Waals surface area contributed by atoms with Crippen molar-refractivity contribution in [2.45, 2.75) is 17.4 Å². The summed E-state index contributed by atoms with van der Waals surface area (Å²) in [5.74, 6) is 1.01. The van der Waals surface area contributed by atoms with E-state index in [9.17, 15) is 0 Å². The molecule has 0 aliphatic rings. The van der Waals surface area contributed by atoms with Crippen LogP contribution in [0.15, 0.2) is 41.3 Å². The van der Waals surface area contributed by atoms with Gasteiger partial charge in [0.1, 0.15) is 0 Å². The Morgan fingerprint density at radius 1 is 1.26 bits per heavy atom. The van der Waals surface area contributed by atoms with Crippen molar-refractivity contribution in [3.8, 4) is 0 Å². The average Bonchev–Trinajstić information content (AvgIpc) is 2.80. The molecule has 0 spiro atoms. The smallest absolute Gasteiger partial charge is 0.0931 e. The first kappa shape index (κ1) is 15.2. The van der Waals surface area contributed by atoms with Crippen molar-refractivity contribution in [1.82, 2.24) is 5.32 Å². The van der Waals surface area contributed by atoms with Gasteiger partial charge in [0, 0.05) is 26.6 Å². The first-order chi connectivity index (χ1) is 9.17. The van der Waals surface area contributed by atoms with E-state index in [1.54, 1.807) is 11.3 Å². The highest BCUT2D eigenvalue weighted by molar-refractivity contribution is 7.99. The molecule has 1 heterocycles. The number of thiophene rings is 1.